The first-order chi connectivity index (χ1) is 6.68. The highest BCUT2D eigenvalue weighted by atomic mass is 35.5. The van der Waals surface area contributed by atoms with Crippen molar-refractivity contribution in [1.82, 2.24) is 0 Å². The van der Waals surface area contributed by atoms with Crippen molar-refractivity contribution in [3.63, 3.8) is 0 Å². The van der Waals surface area contributed by atoms with Crippen LogP contribution in [-0.2, 0) is 0 Å². The molecule has 0 unspecified atom stereocenters. The first-order valence-electron chi connectivity index (χ1n) is 5.44. The summed E-state index contributed by atoms with van der Waals surface area (Å²) in [5.41, 5.74) is 0. The zero-order valence-corrected chi connectivity index (χ0v) is 11.1. The molecule has 0 saturated heterocycles. The first-order valence-corrected chi connectivity index (χ1v) is 8.44. The normalized spacial score (nSPS) is 11.7. The van der Waals surface area contributed by atoms with Crippen molar-refractivity contribution in [2.24, 2.45) is 0 Å². The number of rotatable bonds is 4. The SMILES string of the molecule is CC[Si](CC)(CC)c1cccc(Cl)c1. The van der Waals surface area contributed by atoms with E-state index >= 15 is 0 Å². The molecule has 0 aliphatic heterocycles. The molecular formula is C12H19ClSi. The van der Waals surface area contributed by atoms with Gasteiger partial charge in [0.25, 0.3) is 0 Å². The zero-order chi connectivity index (χ0) is 10.6. The van der Waals surface area contributed by atoms with Crippen LogP contribution in [0.4, 0.5) is 0 Å². The molecule has 0 fully saturated rings. The van der Waals surface area contributed by atoms with E-state index in [1.165, 1.54) is 23.3 Å². The van der Waals surface area contributed by atoms with Crippen molar-refractivity contribution in [3.05, 3.63) is 29.3 Å². The van der Waals surface area contributed by atoms with Crippen LogP contribution in [0, 0.1) is 0 Å². The average molecular weight is 227 g/mol. The molecule has 0 aliphatic rings. The van der Waals surface area contributed by atoms with E-state index in [4.69, 9.17) is 11.6 Å². The van der Waals surface area contributed by atoms with Crippen LogP contribution in [0.3, 0.4) is 0 Å². The molecule has 0 bridgehead atoms. The second-order valence-electron chi connectivity index (χ2n) is 3.85. The van der Waals surface area contributed by atoms with E-state index in [1.807, 2.05) is 6.07 Å². The van der Waals surface area contributed by atoms with Crippen LogP contribution in [0.5, 0.6) is 0 Å². The minimum Gasteiger partial charge on any atom is -0.0843 e. The van der Waals surface area contributed by atoms with Crippen LogP contribution >= 0.6 is 11.6 Å². The standard InChI is InChI=1S/C12H19ClSi/c1-4-14(5-2,6-3)12-9-7-8-11(13)10-12/h7-10H,4-6H2,1-3H3. The van der Waals surface area contributed by atoms with Gasteiger partial charge in [0.2, 0.25) is 0 Å². The molecular weight excluding hydrogens is 208 g/mol. The van der Waals surface area contributed by atoms with Gasteiger partial charge in [0.15, 0.2) is 0 Å². The highest BCUT2D eigenvalue weighted by molar-refractivity contribution is 6.91. The van der Waals surface area contributed by atoms with Crippen molar-refractivity contribution in [2.45, 2.75) is 38.9 Å². The smallest absolute Gasteiger partial charge is 0.0843 e. The molecule has 0 amide bonds. The Labute approximate surface area is 93.3 Å². The Kier molecular flexibility index (Phi) is 4.21. The summed E-state index contributed by atoms with van der Waals surface area (Å²) < 4.78 is 0. The van der Waals surface area contributed by atoms with E-state index in [0.717, 1.165) is 5.02 Å². The third kappa shape index (κ3) is 2.21. The second-order valence-corrected chi connectivity index (χ2v) is 9.55. The van der Waals surface area contributed by atoms with Crippen LogP contribution in [0.15, 0.2) is 24.3 Å². The highest BCUT2D eigenvalue weighted by Gasteiger charge is 2.28. The van der Waals surface area contributed by atoms with Crippen LogP contribution < -0.4 is 5.19 Å². The summed E-state index contributed by atoms with van der Waals surface area (Å²) in [4.78, 5) is 0. The minimum absolute atomic E-state index is 0.884. The summed E-state index contributed by atoms with van der Waals surface area (Å²) in [5.74, 6) is 0. The maximum Gasteiger partial charge on any atom is 0.0859 e. The molecule has 78 valence electrons. The molecule has 2 heteroatoms. The van der Waals surface area contributed by atoms with Gasteiger partial charge in [0.1, 0.15) is 0 Å². The second kappa shape index (κ2) is 4.99. The van der Waals surface area contributed by atoms with Gasteiger partial charge in [-0.15, -0.1) is 0 Å². The monoisotopic (exact) mass is 226 g/mol. The number of hydrogen-bond acceptors (Lipinski definition) is 0. The number of halogens is 1. The molecule has 0 atom stereocenters. The Bertz CT molecular complexity index is 284. The summed E-state index contributed by atoms with van der Waals surface area (Å²) in [5, 5.41) is 2.41. The van der Waals surface area contributed by atoms with Gasteiger partial charge in [-0.25, -0.2) is 0 Å². The fourth-order valence-electron chi connectivity index (χ4n) is 2.18. The molecule has 14 heavy (non-hydrogen) atoms. The topological polar surface area (TPSA) is 0 Å². The van der Waals surface area contributed by atoms with E-state index in [0.29, 0.717) is 0 Å². The fourth-order valence-corrected chi connectivity index (χ4v) is 6.10. The van der Waals surface area contributed by atoms with E-state index in [2.05, 4.69) is 39.0 Å². The molecule has 0 nitrogen and oxygen atoms in total. The Morgan fingerprint density at radius 1 is 1.07 bits per heavy atom. The van der Waals surface area contributed by atoms with Gasteiger partial charge in [-0.3, -0.25) is 0 Å². The summed E-state index contributed by atoms with van der Waals surface area (Å²) in [6.45, 7) is 6.96. The molecule has 0 aromatic heterocycles. The molecule has 1 aromatic carbocycles. The molecule has 0 heterocycles. The van der Waals surface area contributed by atoms with E-state index < -0.39 is 8.07 Å². The average Bonchev–Trinajstić information content (AvgIpc) is 2.22. The minimum atomic E-state index is -1.21. The summed E-state index contributed by atoms with van der Waals surface area (Å²) in [6, 6.07) is 12.4. The lowest BCUT2D eigenvalue weighted by atomic mass is 10.4. The predicted octanol–water partition coefficient (Wildman–Crippen LogP) is 4.06. The Balaban J connectivity index is 3.10. The number of hydrogen-bond donors (Lipinski definition) is 0. The van der Waals surface area contributed by atoms with Crippen molar-refractivity contribution in [1.29, 1.82) is 0 Å². The molecule has 0 saturated carbocycles. The summed E-state index contributed by atoms with van der Waals surface area (Å²) in [6.07, 6.45) is 0. The quantitative estimate of drug-likeness (QED) is 0.680. The molecule has 1 aromatic rings. The fraction of sp³-hybridized carbons (Fsp3) is 0.500. The van der Waals surface area contributed by atoms with Gasteiger partial charge in [-0.1, -0.05) is 67.8 Å². The molecule has 0 aliphatic carbocycles. The van der Waals surface area contributed by atoms with Gasteiger partial charge < -0.3 is 0 Å². The maximum atomic E-state index is 6.04. The van der Waals surface area contributed by atoms with Crippen LogP contribution in [-0.4, -0.2) is 8.07 Å². The van der Waals surface area contributed by atoms with Crippen LogP contribution in [0.1, 0.15) is 20.8 Å². The Morgan fingerprint density at radius 2 is 1.64 bits per heavy atom. The van der Waals surface area contributed by atoms with E-state index in [1.54, 1.807) is 0 Å². The molecule has 0 spiro atoms. The van der Waals surface area contributed by atoms with Gasteiger partial charge in [0, 0.05) is 5.02 Å². The van der Waals surface area contributed by atoms with Crippen molar-refractivity contribution < 1.29 is 0 Å². The van der Waals surface area contributed by atoms with Crippen molar-refractivity contribution >= 4 is 24.9 Å². The Morgan fingerprint density at radius 3 is 2.07 bits per heavy atom. The van der Waals surface area contributed by atoms with Gasteiger partial charge in [-0.05, 0) is 12.1 Å². The van der Waals surface area contributed by atoms with E-state index in [9.17, 15) is 0 Å². The lowest BCUT2D eigenvalue weighted by Crippen LogP contribution is -2.45. The van der Waals surface area contributed by atoms with Crippen LogP contribution in [0.2, 0.25) is 23.2 Å². The third-order valence-corrected chi connectivity index (χ3v) is 9.30. The van der Waals surface area contributed by atoms with Crippen molar-refractivity contribution in [2.75, 3.05) is 0 Å². The van der Waals surface area contributed by atoms with E-state index in [-0.39, 0.29) is 0 Å². The van der Waals surface area contributed by atoms with Gasteiger partial charge in [-0.2, -0.15) is 0 Å². The maximum absolute atomic E-state index is 6.04. The first kappa shape index (κ1) is 11.8. The lowest BCUT2D eigenvalue weighted by Gasteiger charge is -2.28. The highest BCUT2D eigenvalue weighted by Crippen LogP contribution is 2.21. The van der Waals surface area contributed by atoms with Gasteiger partial charge >= 0.3 is 0 Å². The molecule has 1 rings (SSSR count). The molecule has 0 radical (unpaired) electrons. The third-order valence-electron chi connectivity index (χ3n) is 3.47. The molecule has 0 N–H and O–H groups in total. The van der Waals surface area contributed by atoms with Gasteiger partial charge in [0.05, 0.1) is 8.07 Å². The predicted molar refractivity (Wildman–Crippen MR) is 68.3 cm³/mol. The summed E-state index contributed by atoms with van der Waals surface area (Å²) in [7, 11) is -1.21. The Hall–Kier alpha value is -0.273. The van der Waals surface area contributed by atoms with Crippen molar-refractivity contribution in [3.8, 4) is 0 Å². The lowest BCUT2D eigenvalue weighted by molar-refractivity contribution is 1.19. The zero-order valence-electron chi connectivity index (χ0n) is 9.31. The largest absolute Gasteiger partial charge is 0.0859 e. The summed E-state index contributed by atoms with van der Waals surface area (Å²) >= 11 is 6.04. The number of benzene rings is 1. The van der Waals surface area contributed by atoms with Crippen LogP contribution in [0.25, 0.3) is 0 Å².